The fourth-order valence-electron chi connectivity index (χ4n) is 0.435. The summed E-state index contributed by atoms with van der Waals surface area (Å²) in [4.78, 5) is 0. The van der Waals surface area contributed by atoms with Gasteiger partial charge in [0.15, 0.2) is 0 Å². The van der Waals surface area contributed by atoms with Gasteiger partial charge < -0.3 is 5.32 Å². The summed E-state index contributed by atoms with van der Waals surface area (Å²) in [5, 5.41) is 6.93. The van der Waals surface area contributed by atoms with E-state index in [9.17, 15) is 0 Å². The van der Waals surface area contributed by atoms with E-state index in [0.29, 0.717) is 0 Å². The molecule has 0 saturated heterocycles. The summed E-state index contributed by atoms with van der Waals surface area (Å²) in [5.74, 6) is 0.902. The second-order valence-corrected chi connectivity index (χ2v) is 2.33. The van der Waals surface area contributed by atoms with E-state index in [-0.39, 0.29) is 0 Å². The van der Waals surface area contributed by atoms with E-state index in [1.807, 2.05) is 19.3 Å². The molecule has 0 bridgehead atoms. The highest BCUT2D eigenvalue weighted by Crippen LogP contribution is 2.01. The maximum Gasteiger partial charge on any atom is 0.148 e. The van der Waals surface area contributed by atoms with Gasteiger partial charge in [-0.05, 0) is 0 Å². The standard InChI is InChI=1S/C4H6IN3/c1-6-4-2-3-8(5)7-4/h2-3H,1H3,(H,6,7). The normalized spacial score (nSPS) is 9.25. The molecule has 3 nitrogen and oxygen atoms in total. The maximum atomic E-state index is 4.02. The van der Waals surface area contributed by atoms with Crippen LogP contribution in [0.2, 0.25) is 0 Å². The molecule has 0 spiro atoms. The molecule has 4 heteroatoms. The zero-order valence-electron chi connectivity index (χ0n) is 4.43. The molecular formula is C4H6IN3. The number of hydrogen-bond donors (Lipinski definition) is 1. The first-order valence-electron chi connectivity index (χ1n) is 2.22. The third kappa shape index (κ3) is 1.12. The van der Waals surface area contributed by atoms with Gasteiger partial charge in [-0.2, -0.15) is 0 Å². The van der Waals surface area contributed by atoms with Crippen molar-refractivity contribution in [1.29, 1.82) is 0 Å². The lowest BCUT2D eigenvalue weighted by molar-refractivity contribution is 1.06. The van der Waals surface area contributed by atoms with E-state index in [1.54, 1.807) is 2.90 Å². The third-order valence-electron chi connectivity index (χ3n) is 0.815. The van der Waals surface area contributed by atoms with Crippen molar-refractivity contribution >= 4 is 28.7 Å². The summed E-state index contributed by atoms with van der Waals surface area (Å²) in [6.07, 6.45) is 1.88. The molecule has 1 heterocycles. The van der Waals surface area contributed by atoms with Crippen molar-refractivity contribution in [3.63, 3.8) is 0 Å². The van der Waals surface area contributed by atoms with Gasteiger partial charge in [-0.3, -0.25) is 0 Å². The molecule has 44 valence electrons. The quantitative estimate of drug-likeness (QED) is 0.723. The van der Waals surface area contributed by atoms with Gasteiger partial charge >= 0.3 is 0 Å². The van der Waals surface area contributed by atoms with E-state index < -0.39 is 0 Å². The molecule has 0 aliphatic heterocycles. The van der Waals surface area contributed by atoms with Crippen molar-refractivity contribution in [1.82, 2.24) is 7.99 Å². The highest BCUT2D eigenvalue weighted by molar-refractivity contribution is 14.1. The molecule has 1 rings (SSSR count). The largest absolute Gasteiger partial charge is 0.372 e. The van der Waals surface area contributed by atoms with Gasteiger partial charge in [-0.25, -0.2) is 2.90 Å². The maximum absolute atomic E-state index is 4.02. The molecule has 1 aromatic rings. The van der Waals surface area contributed by atoms with Gasteiger partial charge in [0.25, 0.3) is 0 Å². The molecule has 0 amide bonds. The Morgan fingerprint density at radius 2 is 2.62 bits per heavy atom. The zero-order valence-corrected chi connectivity index (χ0v) is 6.58. The van der Waals surface area contributed by atoms with E-state index in [4.69, 9.17) is 0 Å². The fourth-order valence-corrected chi connectivity index (χ4v) is 0.828. The Morgan fingerprint density at radius 1 is 1.88 bits per heavy atom. The van der Waals surface area contributed by atoms with Gasteiger partial charge in [0, 0.05) is 19.3 Å². The second kappa shape index (κ2) is 2.34. The van der Waals surface area contributed by atoms with Crippen molar-refractivity contribution in [2.45, 2.75) is 0 Å². The van der Waals surface area contributed by atoms with E-state index in [2.05, 4.69) is 33.3 Å². The van der Waals surface area contributed by atoms with Crippen LogP contribution in [-0.2, 0) is 0 Å². The minimum atomic E-state index is 0.902. The van der Waals surface area contributed by atoms with E-state index in [1.165, 1.54) is 0 Å². The summed E-state index contributed by atoms with van der Waals surface area (Å²) in [7, 11) is 1.85. The van der Waals surface area contributed by atoms with Crippen LogP contribution in [0.25, 0.3) is 0 Å². The summed E-state index contributed by atoms with van der Waals surface area (Å²) in [5.41, 5.74) is 0. The smallest absolute Gasteiger partial charge is 0.148 e. The van der Waals surface area contributed by atoms with Gasteiger partial charge in [0.1, 0.15) is 5.82 Å². The number of nitrogens with zero attached hydrogens (tertiary/aromatic N) is 2. The Morgan fingerprint density at radius 3 is 2.88 bits per heavy atom. The highest BCUT2D eigenvalue weighted by Gasteiger charge is 1.88. The summed E-state index contributed by atoms with van der Waals surface area (Å²) in [6.45, 7) is 0. The average molecular weight is 223 g/mol. The number of aromatic nitrogens is 2. The van der Waals surface area contributed by atoms with Crippen LogP contribution in [0.15, 0.2) is 12.3 Å². The monoisotopic (exact) mass is 223 g/mol. The lowest BCUT2D eigenvalue weighted by Crippen LogP contribution is -1.88. The fraction of sp³-hybridized carbons (Fsp3) is 0.250. The van der Waals surface area contributed by atoms with Crippen LogP contribution in [0.3, 0.4) is 0 Å². The minimum absolute atomic E-state index is 0.902. The van der Waals surface area contributed by atoms with Crippen molar-refractivity contribution in [2.75, 3.05) is 12.4 Å². The van der Waals surface area contributed by atoms with Crippen LogP contribution >= 0.6 is 22.9 Å². The summed E-state index contributed by atoms with van der Waals surface area (Å²) in [6, 6.07) is 1.91. The molecule has 0 aliphatic carbocycles. The minimum Gasteiger partial charge on any atom is -0.372 e. The summed E-state index contributed by atoms with van der Waals surface area (Å²) >= 11 is 2.09. The first kappa shape index (κ1) is 5.87. The molecule has 0 aliphatic rings. The van der Waals surface area contributed by atoms with Crippen LogP contribution < -0.4 is 5.32 Å². The Bertz CT molecular complexity index is 172. The summed E-state index contributed by atoms with van der Waals surface area (Å²) < 4.78 is 1.73. The Kier molecular flexibility index (Phi) is 1.72. The Labute approximate surface area is 61.6 Å². The molecule has 0 fully saturated rings. The predicted octanol–water partition coefficient (Wildman–Crippen LogP) is 1.12. The van der Waals surface area contributed by atoms with Crippen molar-refractivity contribution in [2.24, 2.45) is 0 Å². The molecule has 0 aromatic carbocycles. The van der Waals surface area contributed by atoms with E-state index >= 15 is 0 Å². The van der Waals surface area contributed by atoms with Crippen LogP contribution in [0, 0.1) is 0 Å². The van der Waals surface area contributed by atoms with Crippen molar-refractivity contribution in [3.8, 4) is 0 Å². The molecule has 8 heavy (non-hydrogen) atoms. The third-order valence-corrected chi connectivity index (χ3v) is 1.35. The van der Waals surface area contributed by atoms with Gasteiger partial charge in [-0.15, -0.1) is 5.10 Å². The Hall–Kier alpha value is -0.260. The molecular weight excluding hydrogens is 217 g/mol. The molecule has 0 saturated carbocycles. The molecule has 1 N–H and O–H groups in total. The number of hydrogen-bond acceptors (Lipinski definition) is 2. The lowest BCUT2D eigenvalue weighted by Gasteiger charge is -1.86. The van der Waals surface area contributed by atoms with Gasteiger partial charge in [0.2, 0.25) is 0 Å². The molecule has 0 radical (unpaired) electrons. The predicted molar refractivity (Wildman–Crippen MR) is 41.2 cm³/mol. The SMILES string of the molecule is CNc1ccn(I)n1. The Balaban J connectivity index is 2.84. The number of rotatable bonds is 1. The molecule has 0 unspecified atom stereocenters. The van der Waals surface area contributed by atoms with Crippen molar-refractivity contribution in [3.05, 3.63) is 12.3 Å². The van der Waals surface area contributed by atoms with Crippen molar-refractivity contribution < 1.29 is 0 Å². The average Bonchev–Trinajstić information content (AvgIpc) is 2.14. The first-order valence-corrected chi connectivity index (χ1v) is 3.19. The topological polar surface area (TPSA) is 29.9 Å². The number of anilines is 1. The second-order valence-electron chi connectivity index (χ2n) is 1.34. The highest BCUT2D eigenvalue weighted by atomic mass is 127. The van der Waals surface area contributed by atoms with Crippen LogP contribution in [0.5, 0.6) is 0 Å². The van der Waals surface area contributed by atoms with Crippen LogP contribution in [0.4, 0.5) is 5.82 Å². The van der Waals surface area contributed by atoms with Crippen LogP contribution in [-0.4, -0.2) is 15.0 Å². The zero-order chi connectivity index (χ0) is 5.98. The first-order chi connectivity index (χ1) is 3.83. The molecule has 1 aromatic heterocycles. The number of nitrogens with one attached hydrogen (secondary N) is 1. The van der Waals surface area contributed by atoms with Crippen LogP contribution in [0.1, 0.15) is 0 Å². The lowest BCUT2D eigenvalue weighted by atomic mass is 10.6. The molecule has 0 atom stereocenters. The van der Waals surface area contributed by atoms with Gasteiger partial charge in [0.05, 0.1) is 22.9 Å². The van der Waals surface area contributed by atoms with Gasteiger partial charge in [-0.1, -0.05) is 0 Å². The van der Waals surface area contributed by atoms with E-state index in [0.717, 1.165) is 5.82 Å². The number of halogens is 1.